The summed E-state index contributed by atoms with van der Waals surface area (Å²) in [4.78, 5) is 29.5. The van der Waals surface area contributed by atoms with Gasteiger partial charge in [-0.05, 0) is 63.0 Å². The Labute approximate surface area is 290 Å². The number of hydrogen-bond acceptors (Lipinski definition) is 6. The molecule has 1 atom stereocenters. The van der Waals surface area contributed by atoms with Gasteiger partial charge in [-0.15, -0.1) is 0 Å². The topological polar surface area (TPSA) is 85.1 Å². The first-order valence-electron chi connectivity index (χ1n) is 14.6. The first-order chi connectivity index (χ1) is 22.7. The standard InChI is InChI=1S/C36H28BrCl2N3O5/c1-46-33-17-26(16-30(37)34(33)47-22-25-12-13-27(38)18-31(25)39)35-40(20-23-8-4-2-5-9-23)32-15-14-28(42(44)45)19-29(32)36(43)41(35)21-24-10-6-3-7-11-24/h2-19,35H,20-22H2,1H3/t35-/m1/s1. The minimum absolute atomic E-state index is 0.151. The van der Waals surface area contributed by atoms with Gasteiger partial charge in [0.05, 0.1) is 27.8 Å². The van der Waals surface area contributed by atoms with Crippen molar-refractivity contribution in [2.45, 2.75) is 25.9 Å². The Bertz CT molecular complexity index is 1950. The highest BCUT2D eigenvalue weighted by Gasteiger charge is 2.40. The maximum atomic E-state index is 14.4. The quantitative estimate of drug-likeness (QED) is 0.105. The Kier molecular flexibility index (Phi) is 9.68. The van der Waals surface area contributed by atoms with Gasteiger partial charge in [-0.25, -0.2) is 0 Å². The maximum absolute atomic E-state index is 14.4. The fraction of sp³-hybridized carbons (Fsp3) is 0.139. The van der Waals surface area contributed by atoms with Crippen LogP contribution in [-0.4, -0.2) is 22.8 Å². The molecule has 47 heavy (non-hydrogen) atoms. The number of ether oxygens (including phenoxy) is 2. The van der Waals surface area contributed by atoms with Crippen LogP contribution in [0.25, 0.3) is 0 Å². The molecule has 6 rings (SSSR count). The third-order valence-corrected chi connectivity index (χ3v) is 9.09. The number of amides is 1. The maximum Gasteiger partial charge on any atom is 0.270 e. The largest absolute Gasteiger partial charge is 0.493 e. The van der Waals surface area contributed by atoms with Gasteiger partial charge in [0, 0.05) is 40.8 Å². The average molecular weight is 733 g/mol. The highest BCUT2D eigenvalue weighted by Crippen LogP contribution is 2.46. The molecule has 0 fully saturated rings. The lowest BCUT2D eigenvalue weighted by molar-refractivity contribution is -0.384. The Morgan fingerprint density at radius 2 is 1.51 bits per heavy atom. The van der Waals surface area contributed by atoms with Gasteiger partial charge < -0.3 is 19.3 Å². The van der Waals surface area contributed by atoms with Crippen LogP contribution in [-0.2, 0) is 19.7 Å². The van der Waals surface area contributed by atoms with E-state index in [0.717, 1.165) is 22.3 Å². The smallest absolute Gasteiger partial charge is 0.270 e. The number of halogens is 3. The molecule has 1 heterocycles. The second kappa shape index (κ2) is 14.0. The fourth-order valence-electron chi connectivity index (χ4n) is 5.69. The van der Waals surface area contributed by atoms with Crippen LogP contribution in [0.5, 0.6) is 11.5 Å². The summed E-state index contributed by atoms with van der Waals surface area (Å²) >= 11 is 16.2. The molecule has 0 saturated carbocycles. The molecule has 0 radical (unpaired) electrons. The van der Waals surface area contributed by atoms with Crippen molar-refractivity contribution in [3.63, 3.8) is 0 Å². The van der Waals surface area contributed by atoms with Gasteiger partial charge in [0.15, 0.2) is 11.5 Å². The molecule has 8 nitrogen and oxygen atoms in total. The number of benzene rings is 5. The number of hydrogen-bond donors (Lipinski definition) is 0. The number of nitro benzene ring substituents is 1. The van der Waals surface area contributed by atoms with Crippen molar-refractivity contribution in [1.82, 2.24) is 4.90 Å². The molecule has 11 heteroatoms. The van der Waals surface area contributed by atoms with E-state index in [1.807, 2.05) is 72.8 Å². The molecule has 1 amide bonds. The Balaban J connectivity index is 1.48. The molecular weight excluding hydrogens is 705 g/mol. The van der Waals surface area contributed by atoms with Gasteiger partial charge in [0.25, 0.3) is 11.6 Å². The average Bonchev–Trinajstić information content (AvgIpc) is 3.07. The summed E-state index contributed by atoms with van der Waals surface area (Å²) in [6.45, 7) is 0.839. The summed E-state index contributed by atoms with van der Waals surface area (Å²) in [5, 5.41) is 12.8. The molecule has 0 N–H and O–H groups in total. The SMILES string of the molecule is COc1cc([C@H]2N(Cc3ccccc3)C(=O)c3cc([N+](=O)[O-])ccc3N2Cc2ccccc2)cc(Br)c1OCc1ccc(Cl)cc1Cl. The molecule has 0 aromatic heterocycles. The van der Waals surface area contributed by atoms with Crippen LogP contribution < -0.4 is 14.4 Å². The molecular formula is C36H28BrCl2N3O5. The highest BCUT2D eigenvalue weighted by atomic mass is 79.9. The van der Waals surface area contributed by atoms with E-state index in [1.54, 1.807) is 36.3 Å². The molecule has 0 bridgehead atoms. The number of nitro groups is 1. The first-order valence-corrected chi connectivity index (χ1v) is 16.2. The van der Waals surface area contributed by atoms with E-state index in [1.165, 1.54) is 12.1 Å². The zero-order valence-electron chi connectivity index (χ0n) is 25.1. The summed E-state index contributed by atoms with van der Waals surface area (Å²) in [6.07, 6.45) is -0.623. The number of non-ortho nitro benzene ring substituents is 1. The van der Waals surface area contributed by atoms with E-state index in [0.29, 0.717) is 38.2 Å². The molecule has 1 aliphatic rings. The van der Waals surface area contributed by atoms with Crippen molar-refractivity contribution < 1.29 is 19.2 Å². The van der Waals surface area contributed by atoms with Gasteiger partial charge in [0.1, 0.15) is 12.8 Å². The number of rotatable bonds is 10. The molecule has 0 spiro atoms. The van der Waals surface area contributed by atoms with Gasteiger partial charge >= 0.3 is 0 Å². The summed E-state index contributed by atoms with van der Waals surface area (Å²) in [5.74, 6) is 0.583. The van der Waals surface area contributed by atoms with Crippen LogP contribution in [0.4, 0.5) is 11.4 Å². The van der Waals surface area contributed by atoms with E-state index < -0.39 is 11.1 Å². The van der Waals surface area contributed by atoms with E-state index >= 15 is 0 Å². The van der Waals surface area contributed by atoms with E-state index in [4.69, 9.17) is 32.7 Å². The summed E-state index contributed by atoms with van der Waals surface area (Å²) in [6, 6.07) is 32.9. The lowest BCUT2D eigenvalue weighted by atomic mass is 9.98. The van der Waals surface area contributed by atoms with E-state index in [2.05, 4.69) is 20.8 Å². The molecule has 238 valence electrons. The van der Waals surface area contributed by atoms with Crippen LogP contribution in [0.1, 0.15) is 38.8 Å². The van der Waals surface area contributed by atoms with Crippen molar-refractivity contribution in [2.75, 3.05) is 12.0 Å². The monoisotopic (exact) mass is 731 g/mol. The van der Waals surface area contributed by atoms with Crippen LogP contribution in [0.3, 0.4) is 0 Å². The molecule has 5 aromatic rings. The number of nitrogens with zero attached hydrogens (tertiary/aromatic N) is 3. The van der Waals surface area contributed by atoms with Crippen molar-refractivity contribution in [1.29, 1.82) is 0 Å². The fourth-order valence-corrected chi connectivity index (χ4v) is 6.73. The Morgan fingerprint density at radius 3 is 2.13 bits per heavy atom. The molecule has 1 aliphatic heterocycles. The lowest BCUT2D eigenvalue weighted by Crippen LogP contribution is -2.48. The molecule has 0 unspecified atom stereocenters. The summed E-state index contributed by atoms with van der Waals surface area (Å²) in [7, 11) is 1.55. The molecule has 0 aliphatic carbocycles. The summed E-state index contributed by atoms with van der Waals surface area (Å²) in [5.41, 5.74) is 4.10. The van der Waals surface area contributed by atoms with Gasteiger partial charge in [-0.2, -0.15) is 0 Å². The third-order valence-electron chi connectivity index (χ3n) is 7.91. The number of fused-ring (bicyclic) bond motifs is 1. The van der Waals surface area contributed by atoms with Crippen molar-refractivity contribution in [3.8, 4) is 11.5 Å². The van der Waals surface area contributed by atoms with Gasteiger partial charge in [-0.1, -0.05) is 89.9 Å². The highest BCUT2D eigenvalue weighted by molar-refractivity contribution is 9.10. The summed E-state index contributed by atoms with van der Waals surface area (Å²) < 4.78 is 12.7. The zero-order valence-corrected chi connectivity index (χ0v) is 28.2. The number of anilines is 1. The van der Waals surface area contributed by atoms with Gasteiger partial charge in [-0.3, -0.25) is 14.9 Å². The predicted molar refractivity (Wildman–Crippen MR) is 186 cm³/mol. The molecule has 5 aromatic carbocycles. The van der Waals surface area contributed by atoms with Gasteiger partial charge in [0.2, 0.25) is 0 Å². The zero-order chi connectivity index (χ0) is 33.1. The van der Waals surface area contributed by atoms with Crippen LogP contribution >= 0.6 is 39.1 Å². The van der Waals surface area contributed by atoms with Crippen LogP contribution in [0.2, 0.25) is 10.0 Å². The van der Waals surface area contributed by atoms with Crippen LogP contribution in [0, 0.1) is 10.1 Å². The normalized spacial score (nSPS) is 14.1. The second-order valence-corrected chi connectivity index (χ2v) is 12.6. The first kappa shape index (κ1) is 32.4. The second-order valence-electron chi connectivity index (χ2n) is 10.9. The Hall–Kier alpha value is -4.57. The number of methoxy groups -OCH3 is 1. The van der Waals surface area contributed by atoms with Crippen molar-refractivity contribution in [2.24, 2.45) is 0 Å². The third kappa shape index (κ3) is 6.93. The van der Waals surface area contributed by atoms with Crippen molar-refractivity contribution in [3.05, 3.63) is 162 Å². The lowest BCUT2D eigenvalue weighted by Gasteiger charge is -2.46. The number of carbonyl (C=O) groups is 1. The molecule has 0 saturated heterocycles. The minimum Gasteiger partial charge on any atom is -0.493 e. The van der Waals surface area contributed by atoms with E-state index in [-0.39, 0.29) is 30.3 Å². The minimum atomic E-state index is -0.623. The van der Waals surface area contributed by atoms with Crippen LogP contribution in [0.15, 0.2) is 114 Å². The van der Waals surface area contributed by atoms with Crippen molar-refractivity contribution >= 4 is 56.4 Å². The Morgan fingerprint density at radius 1 is 0.851 bits per heavy atom. The van der Waals surface area contributed by atoms with E-state index in [9.17, 15) is 14.9 Å². The number of carbonyl (C=O) groups excluding carboxylic acids is 1. The predicted octanol–water partition coefficient (Wildman–Crippen LogP) is 9.61.